The molecule has 0 saturated heterocycles. The molecule has 104 valence electrons. The first-order chi connectivity index (χ1) is 9.65. The zero-order valence-electron chi connectivity index (χ0n) is 11.0. The number of hydrogen-bond donors (Lipinski definition) is 1. The molecule has 1 aliphatic rings. The zero-order valence-corrected chi connectivity index (χ0v) is 13.4. The monoisotopic (exact) mass is 350 g/mol. The van der Waals surface area contributed by atoms with Crippen molar-refractivity contribution in [2.24, 2.45) is 0 Å². The summed E-state index contributed by atoms with van der Waals surface area (Å²) in [6, 6.07) is 13.8. The molecule has 0 spiro atoms. The average molecular weight is 352 g/mol. The third-order valence-electron chi connectivity index (χ3n) is 4.04. The standard InChI is InChI=1S/C17H16BrClO/c18-13-8-12(9-14(19)10-13)17(20)16-7-2-1-6-15(16)11-4-3-5-11/h1-2,6-11,17,20H,3-5H2. The van der Waals surface area contributed by atoms with Gasteiger partial charge in [-0.25, -0.2) is 0 Å². The Morgan fingerprint density at radius 2 is 1.90 bits per heavy atom. The number of benzene rings is 2. The Labute approximate surface area is 132 Å². The van der Waals surface area contributed by atoms with Gasteiger partial charge in [-0.2, -0.15) is 0 Å². The van der Waals surface area contributed by atoms with Crippen LogP contribution in [0.4, 0.5) is 0 Å². The Morgan fingerprint density at radius 1 is 1.15 bits per heavy atom. The second kappa shape index (κ2) is 5.88. The van der Waals surface area contributed by atoms with Gasteiger partial charge >= 0.3 is 0 Å². The molecule has 0 aliphatic heterocycles. The Morgan fingerprint density at radius 3 is 2.55 bits per heavy atom. The lowest BCUT2D eigenvalue weighted by Crippen LogP contribution is -2.13. The van der Waals surface area contributed by atoms with Gasteiger partial charge in [0.1, 0.15) is 6.10 Å². The summed E-state index contributed by atoms with van der Waals surface area (Å²) in [5.41, 5.74) is 3.12. The van der Waals surface area contributed by atoms with E-state index in [4.69, 9.17) is 11.6 Å². The maximum Gasteiger partial charge on any atom is 0.104 e. The van der Waals surface area contributed by atoms with Crippen molar-refractivity contribution >= 4 is 27.5 Å². The van der Waals surface area contributed by atoms with Crippen molar-refractivity contribution in [3.05, 3.63) is 68.7 Å². The molecule has 1 N–H and O–H groups in total. The molecule has 0 heterocycles. The Hall–Kier alpha value is -0.830. The highest BCUT2D eigenvalue weighted by atomic mass is 79.9. The highest BCUT2D eigenvalue weighted by Crippen LogP contribution is 2.41. The third-order valence-corrected chi connectivity index (χ3v) is 4.71. The van der Waals surface area contributed by atoms with Crippen molar-refractivity contribution in [2.75, 3.05) is 0 Å². The highest BCUT2D eigenvalue weighted by molar-refractivity contribution is 9.10. The predicted molar refractivity (Wildman–Crippen MR) is 86.2 cm³/mol. The number of hydrogen-bond acceptors (Lipinski definition) is 1. The van der Waals surface area contributed by atoms with Gasteiger partial charge < -0.3 is 5.11 Å². The van der Waals surface area contributed by atoms with Crippen LogP contribution in [0, 0.1) is 0 Å². The van der Waals surface area contributed by atoms with E-state index in [1.807, 2.05) is 30.3 Å². The smallest absolute Gasteiger partial charge is 0.104 e. The van der Waals surface area contributed by atoms with Crippen molar-refractivity contribution in [3.8, 4) is 0 Å². The molecule has 1 saturated carbocycles. The minimum atomic E-state index is -0.623. The second-order valence-electron chi connectivity index (χ2n) is 5.36. The van der Waals surface area contributed by atoms with Crippen molar-refractivity contribution < 1.29 is 5.11 Å². The minimum Gasteiger partial charge on any atom is -0.384 e. The first-order valence-electron chi connectivity index (χ1n) is 6.88. The van der Waals surface area contributed by atoms with Gasteiger partial charge in [0.25, 0.3) is 0 Å². The number of rotatable bonds is 3. The Kier molecular flexibility index (Phi) is 4.16. The molecule has 1 unspecified atom stereocenters. The molecule has 0 bridgehead atoms. The maximum atomic E-state index is 10.7. The van der Waals surface area contributed by atoms with Gasteiger partial charge in [-0.15, -0.1) is 0 Å². The summed E-state index contributed by atoms with van der Waals surface area (Å²) in [6.45, 7) is 0. The van der Waals surface area contributed by atoms with Crippen LogP contribution in [0.25, 0.3) is 0 Å². The van der Waals surface area contributed by atoms with Gasteiger partial charge in [0.05, 0.1) is 0 Å². The van der Waals surface area contributed by atoms with Gasteiger partial charge in [0, 0.05) is 9.50 Å². The minimum absolute atomic E-state index is 0.600. The molecular weight excluding hydrogens is 336 g/mol. The van der Waals surface area contributed by atoms with Crippen LogP contribution >= 0.6 is 27.5 Å². The normalized spacial score (nSPS) is 16.8. The van der Waals surface area contributed by atoms with Gasteiger partial charge in [0.2, 0.25) is 0 Å². The summed E-state index contributed by atoms with van der Waals surface area (Å²) < 4.78 is 0.889. The Bertz CT molecular complexity index is 602. The SMILES string of the molecule is OC(c1cc(Cl)cc(Br)c1)c1ccccc1C1CCC1. The van der Waals surface area contributed by atoms with E-state index in [1.54, 1.807) is 0 Å². The van der Waals surface area contributed by atoms with Crippen molar-refractivity contribution in [3.63, 3.8) is 0 Å². The first-order valence-corrected chi connectivity index (χ1v) is 8.05. The largest absolute Gasteiger partial charge is 0.384 e. The van der Waals surface area contributed by atoms with Gasteiger partial charge in [-0.3, -0.25) is 0 Å². The summed E-state index contributed by atoms with van der Waals surface area (Å²) in [5.74, 6) is 0.600. The molecule has 3 heteroatoms. The number of halogens is 2. The fourth-order valence-corrected chi connectivity index (χ4v) is 3.65. The molecule has 3 rings (SSSR count). The van der Waals surface area contributed by atoms with Gasteiger partial charge in [-0.1, -0.05) is 58.2 Å². The topological polar surface area (TPSA) is 20.2 Å². The summed E-state index contributed by atoms with van der Waals surface area (Å²) in [4.78, 5) is 0. The fourth-order valence-electron chi connectivity index (χ4n) is 2.76. The molecule has 1 atom stereocenters. The van der Waals surface area contributed by atoms with Crippen LogP contribution in [0.15, 0.2) is 46.9 Å². The molecule has 0 radical (unpaired) electrons. The lowest BCUT2D eigenvalue weighted by Gasteiger charge is -2.29. The molecule has 2 aromatic carbocycles. The summed E-state index contributed by atoms with van der Waals surface area (Å²) in [7, 11) is 0. The van der Waals surface area contributed by atoms with Gasteiger partial charge in [-0.05, 0) is 53.6 Å². The lowest BCUT2D eigenvalue weighted by molar-refractivity contribution is 0.217. The van der Waals surface area contributed by atoms with E-state index < -0.39 is 6.10 Å². The van der Waals surface area contributed by atoms with Crippen molar-refractivity contribution in [1.82, 2.24) is 0 Å². The van der Waals surface area contributed by atoms with E-state index in [0.717, 1.165) is 15.6 Å². The van der Waals surface area contributed by atoms with E-state index in [-0.39, 0.29) is 0 Å². The van der Waals surface area contributed by atoms with E-state index in [0.29, 0.717) is 10.9 Å². The van der Waals surface area contributed by atoms with E-state index >= 15 is 0 Å². The molecule has 1 fully saturated rings. The number of aliphatic hydroxyl groups is 1. The second-order valence-corrected chi connectivity index (χ2v) is 6.71. The molecule has 0 aromatic heterocycles. The highest BCUT2D eigenvalue weighted by Gasteiger charge is 2.24. The van der Waals surface area contributed by atoms with E-state index in [9.17, 15) is 5.11 Å². The quantitative estimate of drug-likeness (QED) is 0.779. The average Bonchev–Trinajstić information content (AvgIpc) is 2.35. The van der Waals surface area contributed by atoms with Crippen LogP contribution in [-0.2, 0) is 0 Å². The van der Waals surface area contributed by atoms with Gasteiger partial charge in [0.15, 0.2) is 0 Å². The van der Waals surface area contributed by atoms with Crippen LogP contribution in [0.2, 0.25) is 5.02 Å². The number of aliphatic hydroxyl groups excluding tert-OH is 1. The summed E-state index contributed by atoms with van der Waals surface area (Å²) in [5, 5.41) is 11.3. The van der Waals surface area contributed by atoms with Crippen LogP contribution in [-0.4, -0.2) is 5.11 Å². The molecule has 2 aromatic rings. The molecule has 1 nitrogen and oxygen atoms in total. The van der Waals surface area contributed by atoms with Crippen LogP contribution in [0.5, 0.6) is 0 Å². The Balaban J connectivity index is 1.99. The summed E-state index contributed by atoms with van der Waals surface area (Å²) in [6.07, 6.45) is 3.12. The third kappa shape index (κ3) is 2.78. The van der Waals surface area contributed by atoms with E-state index in [2.05, 4.69) is 28.1 Å². The first kappa shape index (κ1) is 14.1. The zero-order chi connectivity index (χ0) is 14.1. The van der Waals surface area contributed by atoms with Crippen molar-refractivity contribution in [2.45, 2.75) is 31.3 Å². The lowest BCUT2D eigenvalue weighted by atomic mass is 9.77. The molecular formula is C17H16BrClO. The molecule has 1 aliphatic carbocycles. The summed E-state index contributed by atoms with van der Waals surface area (Å²) >= 11 is 9.51. The maximum absolute atomic E-state index is 10.7. The van der Waals surface area contributed by atoms with Crippen molar-refractivity contribution in [1.29, 1.82) is 0 Å². The van der Waals surface area contributed by atoms with E-state index in [1.165, 1.54) is 24.8 Å². The van der Waals surface area contributed by atoms with Crippen LogP contribution < -0.4 is 0 Å². The predicted octanol–water partition coefficient (Wildman–Crippen LogP) is 5.45. The van der Waals surface area contributed by atoms with Crippen LogP contribution in [0.1, 0.15) is 48.0 Å². The molecule has 0 amide bonds. The molecule has 20 heavy (non-hydrogen) atoms. The fraction of sp³-hybridized carbons (Fsp3) is 0.294. The van der Waals surface area contributed by atoms with Crippen LogP contribution in [0.3, 0.4) is 0 Å².